The minimum Gasteiger partial charge on any atom is -0.379 e. The van der Waals surface area contributed by atoms with Gasteiger partial charge in [-0.15, -0.1) is 0 Å². The highest BCUT2D eigenvalue weighted by Crippen LogP contribution is 2.15. The second-order valence-corrected chi connectivity index (χ2v) is 6.66. The van der Waals surface area contributed by atoms with Crippen LogP contribution >= 0.6 is 0 Å². The van der Waals surface area contributed by atoms with Gasteiger partial charge in [0.15, 0.2) is 0 Å². The summed E-state index contributed by atoms with van der Waals surface area (Å²) in [4.78, 5) is 28.1. The predicted octanol–water partition coefficient (Wildman–Crippen LogP) is -0.401. The van der Waals surface area contributed by atoms with Gasteiger partial charge < -0.3 is 19.9 Å². The number of ether oxygens (including phenoxy) is 1. The van der Waals surface area contributed by atoms with Gasteiger partial charge >= 0.3 is 0 Å². The average molecular weight is 348 g/mol. The molecule has 2 aliphatic rings. The molecule has 3 heterocycles. The molecule has 0 saturated carbocycles. The molecule has 3 rings (SSSR count). The lowest BCUT2D eigenvalue weighted by Crippen LogP contribution is -2.45. The first-order valence-electron chi connectivity index (χ1n) is 8.99. The van der Waals surface area contributed by atoms with Crippen LogP contribution in [0.4, 0.5) is 5.82 Å². The Hall–Kier alpha value is -1.77. The van der Waals surface area contributed by atoms with Gasteiger partial charge in [-0.3, -0.25) is 9.69 Å². The van der Waals surface area contributed by atoms with Crippen molar-refractivity contribution in [1.82, 2.24) is 25.1 Å². The summed E-state index contributed by atoms with van der Waals surface area (Å²) in [6.07, 6.45) is 0. The lowest BCUT2D eigenvalue weighted by Gasteiger charge is -2.33. The summed E-state index contributed by atoms with van der Waals surface area (Å²) < 4.78 is 5.33. The van der Waals surface area contributed by atoms with Crippen LogP contribution in [0.25, 0.3) is 0 Å². The second-order valence-electron chi connectivity index (χ2n) is 6.66. The Labute approximate surface area is 149 Å². The van der Waals surface area contributed by atoms with Crippen LogP contribution in [0.3, 0.4) is 0 Å². The van der Waals surface area contributed by atoms with Crippen LogP contribution in [-0.2, 0) is 4.74 Å². The molecule has 0 atom stereocenters. The number of piperazine rings is 1. The first-order chi connectivity index (χ1) is 12.1. The number of morpholine rings is 1. The molecule has 1 N–H and O–H groups in total. The van der Waals surface area contributed by atoms with Crippen LogP contribution in [-0.4, -0.2) is 98.3 Å². The number of hydrogen-bond donors (Lipinski definition) is 1. The van der Waals surface area contributed by atoms with Gasteiger partial charge in [-0.25, -0.2) is 9.97 Å². The van der Waals surface area contributed by atoms with Gasteiger partial charge in [0, 0.05) is 58.4 Å². The summed E-state index contributed by atoms with van der Waals surface area (Å²) in [5, 5.41) is 2.97. The van der Waals surface area contributed by atoms with Crippen LogP contribution in [0.5, 0.6) is 0 Å². The predicted molar refractivity (Wildman–Crippen MR) is 96.1 cm³/mol. The summed E-state index contributed by atoms with van der Waals surface area (Å²) in [5.41, 5.74) is 0.448. The topological polar surface area (TPSA) is 73.8 Å². The molecule has 0 aromatic carbocycles. The molecule has 8 nitrogen and oxygen atoms in total. The maximum absolute atomic E-state index is 12.5. The molecule has 0 radical (unpaired) electrons. The quantitative estimate of drug-likeness (QED) is 0.776. The van der Waals surface area contributed by atoms with Gasteiger partial charge in [0.2, 0.25) is 0 Å². The zero-order chi connectivity index (χ0) is 17.6. The molecule has 0 bridgehead atoms. The van der Waals surface area contributed by atoms with E-state index in [-0.39, 0.29) is 5.91 Å². The third-order valence-corrected chi connectivity index (χ3v) is 4.70. The van der Waals surface area contributed by atoms with Crippen molar-refractivity contribution in [3.63, 3.8) is 0 Å². The monoisotopic (exact) mass is 348 g/mol. The van der Waals surface area contributed by atoms with Crippen LogP contribution in [0.15, 0.2) is 6.07 Å². The highest BCUT2D eigenvalue weighted by atomic mass is 16.5. The maximum atomic E-state index is 12.5. The number of nitrogens with one attached hydrogen (secondary N) is 1. The van der Waals surface area contributed by atoms with Gasteiger partial charge in [-0.1, -0.05) is 0 Å². The van der Waals surface area contributed by atoms with Gasteiger partial charge in [0.25, 0.3) is 5.91 Å². The number of aryl methyl sites for hydroxylation is 1. The number of carbonyl (C=O) groups is 1. The minimum atomic E-state index is -0.130. The van der Waals surface area contributed by atoms with E-state index in [1.54, 1.807) is 0 Å². The van der Waals surface area contributed by atoms with E-state index in [0.29, 0.717) is 18.1 Å². The number of aromatic nitrogens is 2. The van der Waals surface area contributed by atoms with Crippen molar-refractivity contribution >= 4 is 11.7 Å². The fourth-order valence-corrected chi connectivity index (χ4v) is 3.11. The maximum Gasteiger partial charge on any atom is 0.270 e. The normalized spacial score (nSPS) is 19.8. The van der Waals surface area contributed by atoms with Crippen molar-refractivity contribution in [3.05, 3.63) is 17.6 Å². The molecule has 138 valence electrons. The highest BCUT2D eigenvalue weighted by molar-refractivity contribution is 5.92. The van der Waals surface area contributed by atoms with Crippen molar-refractivity contribution in [2.75, 3.05) is 77.5 Å². The summed E-state index contributed by atoms with van der Waals surface area (Å²) in [5.74, 6) is 1.35. The van der Waals surface area contributed by atoms with Crippen LogP contribution in [0.1, 0.15) is 16.3 Å². The molecular formula is C17H28N6O2. The number of amides is 1. The van der Waals surface area contributed by atoms with Crippen molar-refractivity contribution in [3.8, 4) is 0 Å². The Kier molecular flexibility index (Phi) is 6.17. The Bertz CT molecular complexity index is 583. The summed E-state index contributed by atoms with van der Waals surface area (Å²) in [6, 6.07) is 1.81. The van der Waals surface area contributed by atoms with Gasteiger partial charge in [0.1, 0.15) is 17.3 Å². The zero-order valence-corrected chi connectivity index (χ0v) is 15.2. The molecule has 2 aliphatic heterocycles. The van der Waals surface area contributed by atoms with Crippen LogP contribution < -0.4 is 10.2 Å². The van der Waals surface area contributed by atoms with E-state index >= 15 is 0 Å². The second kappa shape index (κ2) is 8.55. The van der Waals surface area contributed by atoms with Crippen molar-refractivity contribution in [1.29, 1.82) is 0 Å². The number of likely N-dealkylation sites (N-methyl/N-ethyl adjacent to an activating group) is 1. The largest absolute Gasteiger partial charge is 0.379 e. The smallest absolute Gasteiger partial charge is 0.270 e. The Morgan fingerprint density at radius 1 is 1.16 bits per heavy atom. The average Bonchev–Trinajstić information content (AvgIpc) is 2.62. The first-order valence-corrected chi connectivity index (χ1v) is 8.99. The molecule has 1 amide bonds. The van der Waals surface area contributed by atoms with E-state index in [9.17, 15) is 4.79 Å². The van der Waals surface area contributed by atoms with Gasteiger partial charge in [-0.05, 0) is 14.0 Å². The lowest BCUT2D eigenvalue weighted by atomic mass is 10.3. The van der Waals surface area contributed by atoms with E-state index in [2.05, 4.69) is 37.0 Å². The number of nitrogens with zero attached hydrogens (tertiary/aromatic N) is 5. The van der Waals surface area contributed by atoms with Crippen molar-refractivity contribution in [2.45, 2.75) is 6.92 Å². The van der Waals surface area contributed by atoms with Crippen LogP contribution in [0, 0.1) is 6.92 Å². The molecule has 0 aliphatic carbocycles. The number of carbonyl (C=O) groups excluding carboxylic acids is 1. The van der Waals surface area contributed by atoms with Gasteiger partial charge in [-0.2, -0.15) is 0 Å². The standard InChI is InChI=1S/C17H28N6O2/c1-14-19-15(13-16(20-14)23-7-5-21(2)6-8-23)17(24)18-3-4-22-9-11-25-12-10-22/h13H,3-12H2,1-2H3,(H,18,24). The molecule has 0 spiro atoms. The molecule has 25 heavy (non-hydrogen) atoms. The van der Waals surface area contributed by atoms with E-state index in [1.807, 2.05) is 13.0 Å². The molecule has 1 aromatic heterocycles. The first kappa shape index (κ1) is 18.0. The third-order valence-electron chi connectivity index (χ3n) is 4.70. The zero-order valence-electron chi connectivity index (χ0n) is 15.2. The molecular weight excluding hydrogens is 320 g/mol. The van der Waals surface area contributed by atoms with Crippen LogP contribution in [0.2, 0.25) is 0 Å². The molecule has 8 heteroatoms. The van der Waals surface area contributed by atoms with E-state index in [4.69, 9.17) is 4.74 Å². The minimum absolute atomic E-state index is 0.130. The van der Waals surface area contributed by atoms with E-state index in [0.717, 1.165) is 64.8 Å². The van der Waals surface area contributed by atoms with Gasteiger partial charge in [0.05, 0.1) is 13.2 Å². The molecule has 2 fully saturated rings. The number of hydrogen-bond acceptors (Lipinski definition) is 7. The van der Waals surface area contributed by atoms with Crippen molar-refractivity contribution < 1.29 is 9.53 Å². The summed E-state index contributed by atoms with van der Waals surface area (Å²) >= 11 is 0. The lowest BCUT2D eigenvalue weighted by molar-refractivity contribution is 0.0383. The Balaban J connectivity index is 1.56. The number of anilines is 1. The molecule has 0 unspecified atom stereocenters. The van der Waals surface area contributed by atoms with Crippen molar-refractivity contribution in [2.24, 2.45) is 0 Å². The summed E-state index contributed by atoms with van der Waals surface area (Å²) in [7, 11) is 2.12. The molecule has 1 aromatic rings. The fraction of sp³-hybridized carbons (Fsp3) is 0.706. The Morgan fingerprint density at radius 3 is 2.60 bits per heavy atom. The molecule has 2 saturated heterocycles. The third kappa shape index (κ3) is 5.10. The van der Waals surface area contributed by atoms with E-state index in [1.165, 1.54) is 0 Å². The highest BCUT2D eigenvalue weighted by Gasteiger charge is 2.18. The fourth-order valence-electron chi connectivity index (χ4n) is 3.11. The Morgan fingerprint density at radius 2 is 1.88 bits per heavy atom. The van der Waals surface area contributed by atoms with E-state index < -0.39 is 0 Å². The SMILES string of the molecule is Cc1nc(C(=O)NCCN2CCOCC2)cc(N2CCN(C)CC2)n1. The number of rotatable bonds is 5. The summed E-state index contributed by atoms with van der Waals surface area (Å²) in [6.45, 7) is 10.5.